The van der Waals surface area contributed by atoms with E-state index in [1.165, 1.54) is 12.7 Å². The van der Waals surface area contributed by atoms with Crippen LogP contribution in [0, 0.1) is 11.8 Å². The molecule has 1 atom stereocenters. The van der Waals surface area contributed by atoms with Gasteiger partial charge in [-0.2, -0.15) is 0 Å². The Morgan fingerprint density at radius 1 is 1.27 bits per heavy atom. The lowest BCUT2D eigenvalue weighted by atomic mass is 9.89. The highest BCUT2D eigenvalue weighted by atomic mass is 32.2. The minimum absolute atomic E-state index is 0.545. The van der Waals surface area contributed by atoms with Crippen LogP contribution in [0.4, 0.5) is 0 Å². The second-order valence-electron chi connectivity index (χ2n) is 4.27. The second kappa shape index (κ2) is 6.48. The minimum atomic E-state index is -2.96. The van der Waals surface area contributed by atoms with Gasteiger partial charge < -0.3 is 0 Å². The first kappa shape index (κ1) is 14.9. The molecule has 92 valence electrons. The van der Waals surface area contributed by atoms with Crippen molar-refractivity contribution >= 4 is 10.0 Å². The molecule has 0 aliphatic carbocycles. The van der Waals surface area contributed by atoms with Gasteiger partial charge in [0.2, 0.25) is 10.0 Å². The van der Waals surface area contributed by atoms with Gasteiger partial charge in [0.1, 0.15) is 0 Å². The summed E-state index contributed by atoms with van der Waals surface area (Å²) in [5.74, 6) is 1.13. The Labute approximate surface area is 94.9 Å². The third kappa shape index (κ3) is 4.98. The van der Waals surface area contributed by atoms with Crippen molar-refractivity contribution in [2.75, 3.05) is 19.3 Å². The molecule has 3 nitrogen and oxygen atoms in total. The molecular weight excluding hydrogens is 210 g/mol. The van der Waals surface area contributed by atoms with Crippen molar-refractivity contribution in [3.63, 3.8) is 0 Å². The van der Waals surface area contributed by atoms with Gasteiger partial charge in [-0.15, -0.1) is 0 Å². The van der Waals surface area contributed by atoms with Crippen LogP contribution in [-0.4, -0.2) is 32.1 Å². The molecule has 1 fully saturated rings. The fourth-order valence-electron chi connectivity index (χ4n) is 1.82. The van der Waals surface area contributed by atoms with Gasteiger partial charge >= 0.3 is 0 Å². The van der Waals surface area contributed by atoms with Crippen molar-refractivity contribution in [1.82, 2.24) is 4.31 Å². The van der Waals surface area contributed by atoms with Gasteiger partial charge in [-0.25, -0.2) is 12.7 Å². The topological polar surface area (TPSA) is 37.4 Å². The van der Waals surface area contributed by atoms with Crippen LogP contribution in [0.2, 0.25) is 0 Å². The van der Waals surface area contributed by atoms with Crippen LogP contribution in [0.25, 0.3) is 0 Å². The molecule has 0 bridgehead atoms. The fraction of sp³-hybridized carbons (Fsp3) is 1.00. The van der Waals surface area contributed by atoms with E-state index in [1.54, 1.807) is 4.31 Å². The second-order valence-corrected chi connectivity index (χ2v) is 6.25. The first-order valence-corrected chi connectivity index (χ1v) is 7.71. The lowest BCUT2D eigenvalue weighted by Crippen LogP contribution is -2.40. The molecule has 1 unspecified atom stereocenters. The van der Waals surface area contributed by atoms with E-state index in [0.717, 1.165) is 13.0 Å². The molecule has 4 heteroatoms. The number of hydrogen-bond acceptors (Lipinski definition) is 2. The summed E-state index contributed by atoms with van der Waals surface area (Å²) in [5.41, 5.74) is 0. The number of nitrogens with zero attached hydrogens (tertiary/aromatic N) is 1. The SMILES string of the molecule is CC.CC(C)C1CCCN(S(C)(=O)=O)C1. The van der Waals surface area contributed by atoms with E-state index in [4.69, 9.17) is 0 Å². The molecule has 0 radical (unpaired) electrons. The molecule has 0 N–H and O–H groups in total. The molecule has 0 spiro atoms. The van der Waals surface area contributed by atoms with Crippen LogP contribution in [0.1, 0.15) is 40.5 Å². The van der Waals surface area contributed by atoms with Gasteiger partial charge in [-0.3, -0.25) is 0 Å². The molecule has 1 rings (SSSR count). The maximum absolute atomic E-state index is 11.3. The zero-order valence-corrected chi connectivity index (χ0v) is 11.5. The van der Waals surface area contributed by atoms with E-state index in [-0.39, 0.29) is 0 Å². The van der Waals surface area contributed by atoms with Crippen molar-refractivity contribution in [1.29, 1.82) is 0 Å². The van der Waals surface area contributed by atoms with E-state index in [0.29, 0.717) is 18.4 Å². The molecule has 1 heterocycles. The van der Waals surface area contributed by atoms with Crippen LogP contribution in [0.5, 0.6) is 0 Å². The van der Waals surface area contributed by atoms with Crippen LogP contribution >= 0.6 is 0 Å². The highest BCUT2D eigenvalue weighted by Gasteiger charge is 2.27. The summed E-state index contributed by atoms with van der Waals surface area (Å²) in [7, 11) is -2.96. The zero-order valence-electron chi connectivity index (χ0n) is 10.7. The van der Waals surface area contributed by atoms with Crippen molar-refractivity contribution in [3.05, 3.63) is 0 Å². The molecule has 0 amide bonds. The Morgan fingerprint density at radius 3 is 2.20 bits per heavy atom. The van der Waals surface area contributed by atoms with Crippen LogP contribution in [-0.2, 0) is 10.0 Å². The Morgan fingerprint density at radius 2 is 1.80 bits per heavy atom. The standard InChI is InChI=1S/C9H19NO2S.C2H6/c1-8(2)9-5-4-6-10(7-9)13(3,11)12;1-2/h8-9H,4-7H2,1-3H3;1-2H3. The third-order valence-corrected chi connectivity index (χ3v) is 4.10. The summed E-state index contributed by atoms with van der Waals surface area (Å²) in [6, 6.07) is 0. The molecule has 0 aromatic carbocycles. The van der Waals surface area contributed by atoms with Gasteiger partial charge in [-0.05, 0) is 24.7 Å². The Bertz CT molecular complexity index is 260. The number of piperidine rings is 1. The first-order chi connectivity index (χ1) is 6.91. The highest BCUT2D eigenvalue weighted by molar-refractivity contribution is 7.88. The maximum Gasteiger partial charge on any atom is 0.211 e. The van der Waals surface area contributed by atoms with E-state index in [9.17, 15) is 8.42 Å². The van der Waals surface area contributed by atoms with Gasteiger partial charge in [0.15, 0.2) is 0 Å². The van der Waals surface area contributed by atoms with Gasteiger partial charge in [0.05, 0.1) is 6.26 Å². The van der Waals surface area contributed by atoms with Gasteiger partial charge in [-0.1, -0.05) is 27.7 Å². The van der Waals surface area contributed by atoms with Crippen LogP contribution < -0.4 is 0 Å². The first-order valence-electron chi connectivity index (χ1n) is 5.86. The summed E-state index contributed by atoms with van der Waals surface area (Å²) in [6.07, 6.45) is 3.48. The van der Waals surface area contributed by atoms with E-state index in [2.05, 4.69) is 13.8 Å². The summed E-state index contributed by atoms with van der Waals surface area (Å²) in [4.78, 5) is 0. The fourth-order valence-corrected chi connectivity index (χ4v) is 2.74. The summed E-state index contributed by atoms with van der Waals surface area (Å²) < 4.78 is 24.2. The Hall–Kier alpha value is -0.0900. The molecule has 1 saturated heterocycles. The highest BCUT2D eigenvalue weighted by Crippen LogP contribution is 2.24. The van der Waals surface area contributed by atoms with E-state index in [1.807, 2.05) is 13.8 Å². The number of rotatable bonds is 2. The average Bonchev–Trinajstić information content (AvgIpc) is 2.20. The third-order valence-electron chi connectivity index (χ3n) is 2.83. The summed E-state index contributed by atoms with van der Waals surface area (Å²) >= 11 is 0. The molecule has 0 aromatic heterocycles. The molecule has 0 saturated carbocycles. The average molecular weight is 235 g/mol. The van der Waals surface area contributed by atoms with E-state index < -0.39 is 10.0 Å². The lowest BCUT2D eigenvalue weighted by Gasteiger charge is -2.32. The monoisotopic (exact) mass is 235 g/mol. The maximum atomic E-state index is 11.3. The molecule has 1 aliphatic heterocycles. The molecule has 15 heavy (non-hydrogen) atoms. The number of sulfonamides is 1. The smallest absolute Gasteiger partial charge is 0.211 e. The molecule has 1 aliphatic rings. The molecule has 0 aromatic rings. The van der Waals surface area contributed by atoms with Crippen molar-refractivity contribution < 1.29 is 8.42 Å². The number of hydrogen-bond donors (Lipinski definition) is 0. The van der Waals surface area contributed by atoms with Crippen molar-refractivity contribution in [2.45, 2.75) is 40.5 Å². The van der Waals surface area contributed by atoms with Crippen molar-refractivity contribution in [2.24, 2.45) is 11.8 Å². The summed E-state index contributed by atoms with van der Waals surface area (Å²) in [6.45, 7) is 9.76. The summed E-state index contributed by atoms with van der Waals surface area (Å²) in [5, 5.41) is 0. The Balaban J connectivity index is 0.000000921. The predicted molar refractivity (Wildman–Crippen MR) is 65.3 cm³/mol. The predicted octanol–water partition coefficient (Wildman–Crippen LogP) is 2.34. The van der Waals surface area contributed by atoms with Crippen molar-refractivity contribution in [3.8, 4) is 0 Å². The van der Waals surface area contributed by atoms with E-state index >= 15 is 0 Å². The molecular formula is C11H25NO2S. The zero-order chi connectivity index (χ0) is 12.1. The van der Waals surface area contributed by atoms with Gasteiger partial charge in [0, 0.05) is 13.1 Å². The normalized spacial score (nSPS) is 23.5. The van der Waals surface area contributed by atoms with Crippen LogP contribution in [0.3, 0.4) is 0 Å². The van der Waals surface area contributed by atoms with Crippen LogP contribution in [0.15, 0.2) is 0 Å². The lowest BCUT2D eigenvalue weighted by molar-refractivity contribution is 0.220. The Kier molecular flexibility index (Phi) is 6.44. The minimum Gasteiger partial charge on any atom is -0.213 e. The quantitative estimate of drug-likeness (QED) is 0.736. The van der Waals surface area contributed by atoms with Gasteiger partial charge in [0.25, 0.3) is 0 Å². The largest absolute Gasteiger partial charge is 0.213 e.